The number of hydrogen-bond acceptors (Lipinski definition) is 0. The summed E-state index contributed by atoms with van der Waals surface area (Å²) in [6, 6.07) is 1.02. The lowest BCUT2D eigenvalue weighted by Gasteiger charge is -2.59. The molecule has 0 aromatic carbocycles. The Bertz CT molecular complexity index is 271. The maximum absolute atomic E-state index is 2.52. The van der Waals surface area contributed by atoms with Crippen LogP contribution in [0.5, 0.6) is 0 Å². The monoisotopic (exact) mass is 220 g/mol. The van der Waals surface area contributed by atoms with Crippen LogP contribution in [0.3, 0.4) is 0 Å². The molecule has 1 heteroatoms. The Morgan fingerprint density at radius 3 is 2.44 bits per heavy atom. The van der Waals surface area contributed by atoms with Crippen molar-refractivity contribution >= 4 is 0 Å². The van der Waals surface area contributed by atoms with Gasteiger partial charge >= 0.3 is 0 Å². The van der Waals surface area contributed by atoms with E-state index in [1.807, 2.05) is 0 Å². The van der Waals surface area contributed by atoms with E-state index in [0.29, 0.717) is 0 Å². The molecule has 3 unspecified atom stereocenters. The Morgan fingerprint density at radius 2 is 1.62 bits per heavy atom. The standard InChI is InChI=1S/C15H26N/c1-2-4-6-10-15-14-9-8-12-16(15,13-14)11-7-5-3-1/h8-9,14-15H,1-7,10-13H2/q+1. The van der Waals surface area contributed by atoms with Gasteiger partial charge in [0.05, 0.1) is 25.6 Å². The van der Waals surface area contributed by atoms with Gasteiger partial charge in [0.25, 0.3) is 0 Å². The maximum atomic E-state index is 2.52. The summed E-state index contributed by atoms with van der Waals surface area (Å²) in [5, 5.41) is 0. The molecule has 2 fully saturated rings. The van der Waals surface area contributed by atoms with Gasteiger partial charge in [0.1, 0.15) is 6.04 Å². The number of nitrogens with zero attached hydrogens (tertiary/aromatic N) is 1. The van der Waals surface area contributed by atoms with Crippen LogP contribution in [0.15, 0.2) is 12.2 Å². The summed E-state index contributed by atoms with van der Waals surface area (Å²) in [4.78, 5) is 0. The van der Waals surface area contributed by atoms with Crippen LogP contribution in [0, 0.1) is 5.92 Å². The second-order valence-electron chi connectivity index (χ2n) is 6.23. The Balaban J connectivity index is 1.68. The molecule has 4 aliphatic heterocycles. The van der Waals surface area contributed by atoms with Crippen molar-refractivity contribution in [3.8, 4) is 0 Å². The SMILES string of the molecule is C1=CC2C[N+]3(C1)CCCCCCCCCC23. The predicted molar refractivity (Wildman–Crippen MR) is 68.2 cm³/mol. The van der Waals surface area contributed by atoms with Crippen molar-refractivity contribution in [3.63, 3.8) is 0 Å². The second-order valence-corrected chi connectivity index (χ2v) is 6.23. The van der Waals surface area contributed by atoms with E-state index in [-0.39, 0.29) is 0 Å². The molecule has 2 saturated heterocycles. The van der Waals surface area contributed by atoms with Gasteiger partial charge in [-0.3, -0.25) is 0 Å². The van der Waals surface area contributed by atoms with Crippen LogP contribution in [0.4, 0.5) is 0 Å². The minimum atomic E-state index is 0.953. The lowest BCUT2D eigenvalue weighted by Crippen LogP contribution is -2.72. The molecule has 16 heavy (non-hydrogen) atoms. The van der Waals surface area contributed by atoms with Crippen LogP contribution in [0.2, 0.25) is 0 Å². The summed E-state index contributed by atoms with van der Waals surface area (Å²) in [5.41, 5.74) is 0. The minimum Gasteiger partial charge on any atom is -0.317 e. The molecule has 4 aliphatic rings. The minimum absolute atomic E-state index is 0.953. The van der Waals surface area contributed by atoms with Gasteiger partial charge in [0.15, 0.2) is 0 Å². The van der Waals surface area contributed by atoms with Gasteiger partial charge in [0.2, 0.25) is 0 Å². The van der Waals surface area contributed by atoms with E-state index >= 15 is 0 Å². The number of quaternary nitrogens is 1. The number of hydrogen-bond donors (Lipinski definition) is 0. The second kappa shape index (κ2) is 4.52. The Hall–Kier alpha value is -0.300. The quantitative estimate of drug-likeness (QED) is 0.433. The third-order valence-electron chi connectivity index (χ3n) is 5.23. The molecule has 4 heterocycles. The molecule has 0 amide bonds. The first kappa shape index (κ1) is 10.8. The molecular weight excluding hydrogens is 194 g/mol. The molecular formula is C15H26N+. The summed E-state index contributed by atoms with van der Waals surface area (Å²) >= 11 is 0. The Kier molecular flexibility index (Phi) is 3.06. The number of rotatable bonds is 0. The fraction of sp³-hybridized carbons (Fsp3) is 0.867. The molecule has 0 radical (unpaired) electrons. The Morgan fingerprint density at radius 1 is 0.875 bits per heavy atom. The van der Waals surface area contributed by atoms with Gasteiger partial charge in [-0.25, -0.2) is 0 Å². The largest absolute Gasteiger partial charge is 0.317 e. The zero-order chi connectivity index (χ0) is 10.8. The van der Waals surface area contributed by atoms with Crippen molar-refractivity contribution in [2.24, 2.45) is 5.92 Å². The zero-order valence-corrected chi connectivity index (χ0v) is 10.5. The first-order valence-corrected chi connectivity index (χ1v) is 7.43. The van der Waals surface area contributed by atoms with Crippen molar-refractivity contribution in [1.82, 2.24) is 0 Å². The molecule has 0 N–H and O–H groups in total. The van der Waals surface area contributed by atoms with Gasteiger partial charge in [0, 0.05) is 6.42 Å². The third-order valence-corrected chi connectivity index (χ3v) is 5.23. The van der Waals surface area contributed by atoms with Crippen LogP contribution in [0.1, 0.15) is 51.4 Å². The van der Waals surface area contributed by atoms with Crippen molar-refractivity contribution in [1.29, 1.82) is 0 Å². The molecule has 3 atom stereocenters. The Labute approximate surface area is 100 Å². The summed E-state index contributed by atoms with van der Waals surface area (Å²) in [5.74, 6) is 0.953. The van der Waals surface area contributed by atoms with E-state index in [4.69, 9.17) is 0 Å². The van der Waals surface area contributed by atoms with Crippen molar-refractivity contribution in [3.05, 3.63) is 12.2 Å². The molecule has 0 aromatic rings. The van der Waals surface area contributed by atoms with E-state index in [0.717, 1.165) is 12.0 Å². The first-order valence-electron chi connectivity index (χ1n) is 7.43. The van der Waals surface area contributed by atoms with Crippen molar-refractivity contribution < 1.29 is 4.48 Å². The maximum Gasteiger partial charge on any atom is 0.101 e. The van der Waals surface area contributed by atoms with Gasteiger partial charge in [-0.05, 0) is 25.3 Å². The lowest BCUT2D eigenvalue weighted by atomic mass is 9.77. The van der Waals surface area contributed by atoms with E-state index in [1.165, 1.54) is 75.5 Å². The molecule has 2 bridgehead atoms. The van der Waals surface area contributed by atoms with Gasteiger partial charge < -0.3 is 4.48 Å². The van der Waals surface area contributed by atoms with E-state index in [1.54, 1.807) is 0 Å². The molecule has 0 aromatic heterocycles. The van der Waals surface area contributed by atoms with E-state index in [9.17, 15) is 0 Å². The predicted octanol–water partition coefficient (Wildman–Crippen LogP) is 3.51. The summed E-state index contributed by atoms with van der Waals surface area (Å²) in [7, 11) is 0. The van der Waals surface area contributed by atoms with Crippen LogP contribution in [0.25, 0.3) is 0 Å². The fourth-order valence-corrected chi connectivity index (χ4v) is 4.29. The van der Waals surface area contributed by atoms with Gasteiger partial charge in [-0.2, -0.15) is 0 Å². The summed E-state index contributed by atoms with van der Waals surface area (Å²) in [6.45, 7) is 4.30. The summed E-state index contributed by atoms with van der Waals surface area (Å²) in [6.07, 6.45) is 16.9. The average molecular weight is 220 g/mol. The molecule has 4 rings (SSSR count). The lowest BCUT2D eigenvalue weighted by molar-refractivity contribution is -0.996. The molecule has 1 spiro atoms. The highest BCUT2D eigenvalue weighted by Gasteiger charge is 2.53. The smallest absolute Gasteiger partial charge is 0.101 e. The third kappa shape index (κ3) is 1.84. The highest BCUT2D eigenvalue weighted by molar-refractivity contribution is 5.03. The summed E-state index contributed by atoms with van der Waals surface area (Å²) < 4.78 is 1.47. The number of fused-ring (bicyclic) bond motifs is 1. The van der Waals surface area contributed by atoms with Crippen LogP contribution < -0.4 is 0 Å². The molecule has 0 aliphatic carbocycles. The highest BCUT2D eigenvalue weighted by atomic mass is 15.4. The first-order chi connectivity index (χ1) is 7.91. The van der Waals surface area contributed by atoms with Crippen LogP contribution in [-0.2, 0) is 0 Å². The van der Waals surface area contributed by atoms with Gasteiger partial charge in [-0.1, -0.05) is 31.8 Å². The zero-order valence-electron chi connectivity index (χ0n) is 10.5. The van der Waals surface area contributed by atoms with E-state index < -0.39 is 0 Å². The fourth-order valence-electron chi connectivity index (χ4n) is 4.29. The normalized spacial score (nSPS) is 44.0. The molecule has 1 nitrogen and oxygen atoms in total. The topological polar surface area (TPSA) is 0 Å². The van der Waals surface area contributed by atoms with Crippen molar-refractivity contribution in [2.75, 3.05) is 19.6 Å². The van der Waals surface area contributed by atoms with E-state index in [2.05, 4.69) is 12.2 Å². The van der Waals surface area contributed by atoms with Crippen LogP contribution >= 0.6 is 0 Å². The van der Waals surface area contributed by atoms with Crippen LogP contribution in [-0.4, -0.2) is 30.2 Å². The highest BCUT2D eigenvalue weighted by Crippen LogP contribution is 2.42. The molecule has 90 valence electrons. The van der Waals surface area contributed by atoms with Gasteiger partial charge in [-0.15, -0.1) is 0 Å². The molecule has 0 saturated carbocycles. The average Bonchev–Trinajstić information content (AvgIpc) is 2.34. The van der Waals surface area contributed by atoms with Crippen molar-refractivity contribution in [2.45, 2.75) is 57.4 Å².